The second kappa shape index (κ2) is 4.42. The molecule has 3 rings (SSSR count). The van der Waals surface area contributed by atoms with Crippen LogP contribution in [-0.4, -0.2) is 16.1 Å². The fourth-order valence-electron chi connectivity index (χ4n) is 2.40. The van der Waals surface area contributed by atoms with E-state index in [0.717, 1.165) is 23.4 Å². The molecule has 2 aromatic rings. The van der Waals surface area contributed by atoms with Gasteiger partial charge in [-0.15, -0.1) is 0 Å². The van der Waals surface area contributed by atoms with Crippen molar-refractivity contribution >= 4 is 5.69 Å². The summed E-state index contributed by atoms with van der Waals surface area (Å²) in [6.07, 6.45) is 2.08. The maximum Gasteiger partial charge on any atom is 0.101 e. The van der Waals surface area contributed by atoms with E-state index >= 15 is 0 Å². The molecular formula is C15H16N2O. The minimum absolute atomic E-state index is 0.0342. The average molecular weight is 240 g/mol. The van der Waals surface area contributed by atoms with Crippen molar-refractivity contribution in [1.82, 2.24) is 4.98 Å². The first-order chi connectivity index (χ1) is 8.74. The van der Waals surface area contributed by atoms with E-state index in [4.69, 9.17) is 0 Å². The fraction of sp³-hybridized carbons (Fsp3) is 0.267. The molecule has 0 amide bonds. The van der Waals surface area contributed by atoms with Crippen LogP contribution in [0.25, 0.3) is 0 Å². The van der Waals surface area contributed by atoms with Crippen LogP contribution in [0.4, 0.5) is 5.69 Å². The van der Waals surface area contributed by atoms with Gasteiger partial charge < -0.3 is 10.4 Å². The zero-order valence-electron chi connectivity index (χ0n) is 10.3. The molecule has 3 heteroatoms. The molecule has 0 aliphatic carbocycles. The number of hydrogen-bond acceptors (Lipinski definition) is 3. The zero-order chi connectivity index (χ0) is 12.5. The number of rotatable bonds is 2. The Hall–Kier alpha value is -1.87. The van der Waals surface area contributed by atoms with Crippen molar-refractivity contribution in [2.45, 2.75) is 25.5 Å². The highest BCUT2D eigenvalue weighted by Crippen LogP contribution is 2.31. The van der Waals surface area contributed by atoms with Crippen LogP contribution in [0.15, 0.2) is 42.6 Å². The first-order valence-corrected chi connectivity index (χ1v) is 6.19. The number of aliphatic hydroxyl groups excluding tert-OH is 1. The van der Waals surface area contributed by atoms with Gasteiger partial charge in [-0.25, -0.2) is 0 Å². The van der Waals surface area contributed by atoms with E-state index in [1.165, 1.54) is 5.56 Å². The molecule has 0 fully saturated rings. The minimum atomic E-state index is -0.523. The van der Waals surface area contributed by atoms with Crippen LogP contribution >= 0.6 is 0 Å². The number of aliphatic hydroxyl groups is 1. The Morgan fingerprint density at radius 1 is 1.28 bits per heavy atom. The maximum atomic E-state index is 10.4. The Morgan fingerprint density at radius 3 is 2.83 bits per heavy atom. The number of nitrogens with one attached hydrogen (secondary N) is 1. The van der Waals surface area contributed by atoms with Gasteiger partial charge in [0, 0.05) is 23.1 Å². The SMILES string of the molecule is Cc1ccc(C(O)C2Cc3ccccc3N2)cn1. The molecule has 1 aliphatic heterocycles. The maximum absolute atomic E-state index is 10.4. The third-order valence-corrected chi connectivity index (χ3v) is 3.45. The van der Waals surface area contributed by atoms with Gasteiger partial charge in [0.15, 0.2) is 0 Å². The summed E-state index contributed by atoms with van der Waals surface area (Å²) in [6, 6.07) is 12.1. The van der Waals surface area contributed by atoms with E-state index in [-0.39, 0.29) is 6.04 Å². The predicted molar refractivity (Wildman–Crippen MR) is 71.5 cm³/mol. The summed E-state index contributed by atoms with van der Waals surface area (Å²) >= 11 is 0. The minimum Gasteiger partial charge on any atom is -0.386 e. The Balaban J connectivity index is 1.80. The van der Waals surface area contributed by atoms with Gasteiger partial charge in [-0.1, -0.05) is 24.3 Å². The van der Waals surface area contributed by atoms with Gasteiger partial charge in [0.25, 0.3) is 0 Å². The first kappa shape index (κ1) is 11.2. The standard InChI is InChI=1S/C15H16N2O/c1-10-6-7-12(9-16-10)15(18)14-8-11-4-2-3-5-13(11)17-14/h2-7,9,14-15,17-18H,8H2,1H3. The van der Waals surface area contributed by atoms with Gasteiger partial charge in [-0.3, -0.25) is 4.98 Å². The highest BCUT2D eigenvalue weighted by molar-refractivity contribution is 5.57. The quantitative estimate of drug-likeness (QED) is 0.847. The second-order valence-electron chi connectivity index (χ2n) is 4.79. The van der Waals surface area contributed by atoms with E-state index in [0.29, 0.717) is 0 Å². The number of hydrogen-bond donors (Lipinski definition) is 2. The first-order valence-electron chi connectivity index (χ1n) is 6.19. The smallest absolute Gasteiger partial charge is 0.101 e. The number of aryl methyl sites for hydroxylation is 1. The summed E-state index contributed by atoms with van der Waals surface area (Å²) in [5.74, 6) is 0. The molecule has 1 aromatic heterocycles. The molecule has 92 valence electrons. The lowest BCUT2D eigenvalue weighted by Gasteiger charge is -2.19. The normalized spacial score (nSPS) is 19.1. The Morgan fingerprint density at radius 2 is 2.11 bits per heavy atom. The van der Waals surface area contributed by atoms with Gasteiger partial charge in [0.1, 0.15) is 6.10 Å². The Labute approximate surface area is 107 Å². The molecule has 2 N–H and O–H groups in total. The van der Waals surface area contributed by atoms with Gasteiger partial charge >= 0.3 is 0 Å². The number of fused-ring (bicyclic) bond motifs is 1. The number of anilines is 1. The lowest BCUT2D eigenvalue weighted by atomic mass is 10.0. The summed E-state index contributed by atoms with van der Waals surface area (Å²) in [5, 5.41) is 13.8. The molecule has 1 aromatic carbocycles. The van der Waals surface area contributed by atoms with Gasteiger partial charge in [0.05, 0.1) is 6.04 Å². The molecule has 0 radical (unpaired) electrons. The number of para-hydroxylation sites is 1. The second-order valence-corrected chi connectivity index (χ2v) is 4.79. The lowest BCUT2D eigenvalue weighted by molar-refractivity contribution is 0.156. The molecule has 0 spiro atoms. The van der Waals surface area contributed by atoms with Crippen molar-refractivity contribution in [1.29, 1.82) is 0 Å². The summed E-state index contributed by atoms with van der Waals surface area (Å²) in [7, 11) is 0. The summed E-state index contributed by atoms with van der Waals surface area (Å²) in [6.45, 7) is 1.94. The van der Waals surface area contributed by atoms with E-state index in [1.807, 2.05) is 31.2 Å². The van der Waals surface area contributed by atoms with E-state index in [9.17, 15) is 5.11 Å². The summed E-state index contributed by atoms with van der Waals surface area (Å²) in [5.41, 5.74) is 4.22. The molecule has 2 unspecified atom stereocenters. The van der Waals surface area contributed by atoms with Crippen LogP contribution in [0.1, 0.15) is 22.9 Å². The van der Waals surface area contributed by atoms with Crippen molar-refractivity contribution in [3.63, 3.8) is 0 Å². The van der Waals surface area contributed by atoms with Crippen molar-refractivity contribution in [2.75, 3.05) is 5.32 Å². The molecule has 2 heterocycles. The zero-order valence-corrected chi connectivity index (χ0v) is 10.3. The molecule has 2 atom stereocenters. The van der Waals surface area contributed by atoms with Crippen molar-refractivity contribution < 1.29 is 5.11 Å². The van der Waals surface area contributed by atoms with Crippen LogP contribution in [0, 0.1) is 6.92 Å². The Bertz CT molecular complexity index is 526. The van der Waals surface area contributed by atoms with Crippen LogP contribution in [-0.2, 0) is 6.42 Å². The number of aromatic nitrogens is 1. The van der Waals surface area contributed by atoms with Gasteiger partial charge in [0.2, 0.25) is 0 Å². The summed E-state index contributed by atoms with van der Waals surface area (Å²) < 4.78 is 0. The highest BCUT2D eigenvalue weighted by Gasteiger charge is 2.27. The van der Waals surface area contributed by atoms with E-state index in [2.05, 4.69) is 22.4 Å². The molecule has 18 heavy (non-hydrogen) atoms. The van der Waals surface area contributed by atoms with Crippen molar-refractivity contribution in [2.24, 2.45) is 0 Å². The van der Waals surface area contributed by atoms with Gasteiger partial charge in [-0.2, -0.15) is 0 Å². The number of pyridine rings is 1. The van der Waals surface area contributed by atoms with Crippen molar-refractivity contribution in [3.05, 3.63) is 59.4 Å². The van der Waals surface area contributed by atoms with Crippen LogP contribution in [0.2, 0.25) is 0 Å². The largest absolute Gasteiger partial charge is 0.386 e. The molecular weight excluding hydrogens is 224 g/mol. The summed E-state index contributed by atoms with van der Waals surface area (Å²) in [4.78, 5) is 4.23. The predicted octanol–water partition coefficient (Wildman–Crippen LogP) is 2.46. The Kier molecular flexibility index (Phi) is 2.76. The van der Waals surface area contributed by atoms with E-state index in [1.54, 1.807) is 6.20 Å². The van der Waals surface area contributed by atoms with Crippen LogP contribution in [0.5, 0.6) is 0 Å². The lowest BCUT2D eigenvalue weighted by Crippen LogP contribution is -2.24. The topological polar surface area (TPSA) is 45.1 Å². The third kappa shape index (κ3) is 1.97. The van der Waals surface area contributed by atoms with Crippen molar-refractivity contribution in [3.8, 4) is 0 Å². The van der Waals surface area contributed by atoms with E-state index < -0.39 is 6.10 Å². The number of nitrogens with zero attached hydrogens (tertiary/aromatic N) is 1. The highest BCUT2D eigenvalue weighted by atomic mass is 16.3. The molecule has 1 aliphatic rings. The van der Waals surface area contributed by atoms with Gasteiger partial charge in [-0.05, 0) is 31.0 Å². The monoisotopic (exact) mass is 240 g/mol. The third-order valence-electron chi connectivity index (χ3n) is 3.45. The van der Waals surface area contributed by atoms with Crippen LogP contribution < -0.4 is 5.32 Å². The number of benzene rings is 1. The molecule has 0 saturated carbocycles. The fourth-order valence-corrected chi connectivity index (χ4v) is 2.40. The molecule has 0 bridgehead atoms. The molecule has 3 nitrogen and oxygen atoms in total. The molecule has 0 saturated heterocycles. The van der Waals surface area contributed by atoms with Crippen LogP contribution in [0.3, 0.4) is 0 Å². The average Bonchev–Trinajstić information content (AvgIpc) is 2.82.